The topological polar surface area (TPSA) is 96.5 Å². The van der Waals surface area contributed by atoms with Crippen molar-refractivity contribution in [2.75, 3.05) is 13.1 Å². The van der Waals surface area contributed by atoms with Gasteiger partial charge >= 0.3 is 5.97 Å². The van der Waals surface area contributed by atoms with E-state index in [1.54, 1.807) is 17.0 Å². The molecule has 148 valence electrons. The van der Waals surface area contributed by atoms with Crippen LogP contribution in [0, 0.1) is 17.2 Å². The van der Waals surface area contributed by atoms with Crippen molar-refractivity contribution in [1.29, 1.82) is 0 Å². The second-order valence-corrected chi connectivity index (χ2v) is 7.70. The summed E-state index contributed by atoms with van der Waals surface area (Å²) in [4.78, 5) is 30.2. The third-order valence-corrected chi connectivity index (χ3v) is 6.00. The van der Waals surface area contributed by atoms with Crippen LogP contribution in [0.5, 0.6) is 0 Å². The average Bonchev–Trinajstić information content (AvgIpc) is 3.36. The smallest absolute Gasteiger partial charge is 0.311 e. The van der Waals surface area contributed by atoms with Gasteiger partial charge in [0.25, 0.3) is 0 Å². The molecule has 2 fully saturated rings. The molecule has 0 spiro atoms. The lowest BCUT2D eigenvalue weighted by atomic mass is 9.81. The number of amides is 1. The molecular formula is C20H22FN3O4. The normalized spacial score (nSPS) is 23.8. The number of carboxylic acid groups (broad SMARTS) is 1. The molecule has 4 rings (SSSR count). The van der Waals surface area contributed by atoms with Crippen molar-refractivity contribution in [1.82, 2.24) is 15.0 Å². The maximum atomic E-state index is 13.0. The second-order valence-electron chi connectivity index (χ2n) is 7.70. The van der Waals surface area contributed by atoms with E-state index in [2.05, 4.69) is 10.1 Å². The second kappa shape index (κ2) is 7.33. The zero-order valence-electron chi connectivity index (χ0n) is 15.4. The molecule has 7 nitrogen and oxygen atoms in total. The SMILES string of the molecule is O=C(CCCc1nc(-c2ccc(F)cc2)no1)N1C[C@@H]2CCC[C@@]2(C(=O)O)C1. The van der Waals surface area contributed by atoms with Crippen molar-refractivity contribution in [2.24, 2.45) is 11.3 Å². The summed E-state index contributed by atoms with van der Waals surface area (Å²) in [6.45, 7) is 0.863. The van der Waals surface area contributed by atoms with Gasteiger partial charge in [0.15, 0.2) is 0 Å². The van der Waals surface area contributed by atoms with Crippen molar-refractivity contribution in [3.8, 4) is 11.4 Å². The molecule has 28 heavy (non-hydrogen) atoms. The quantitative estimate of drug-likeness (QED) is 0.819. The molecule has 1 aromatic carbocycles. The minimum atomic E-state index is -0.774. The summed E-state index contributed by atoms with van der Waals surface area (Å²) in [5, 5.41) is 13.5. The number of hydrogen-bond donors (Lipinski definition) is 1. The van der Waals surface area contributed by atoms with Crippen LogP contribution in [0.25, 0.3) is 11.4 Å². The molecule has 2 heterocycles. The highest BCUT2D eigenvalue weighted by Crippen LogP contribution is 2.49. The third-order valence-electron chi connectivity index (χ3n) is 6.00. The molecule has 8 heteroatoms. The van der Waals surface area contributed by atoms with Gasteiger partial charge in [0.2, 0.25) is 17.6 Å². The lowest BCUT2D eigenvalue weighted by molar-refractivity contribution is -0.149. The summed E-state index contributed by atoms with van der Waals surface area (Å²) < 4.78 is 18.2. The Morgan fingerprint density at radius 1 is 1.32 bits per heavy atom. The fraction of sp³-hybridized carbons (Fsp3) is 0.500. The number of carboxylic acids is 1. The zero-order chi connectivity index (χ0) is 19.7. The van der Waals surface area contributed by atoms with E-state index in [0.717, 1.165) is 12.8 Å². The number of fused-ring (bicyclic) bond motifs is 1. The molecule has 1 aromatic heterocycles. The number of rotatable bonds is 6. The highest BCUT2D eigenvalue weighted by atomic mass is 19.1. The van der Waals surface area contributed by atoms with Crippen LogP contribution in [0.1, 0.15) is 38.0 Å². The number of likely N-dealkylation sites (tertiary alicyclic amines) is 1. The first-order valence-corrected chi connectivity index (χ1v) is 9.58. The molecule has 0 unspecified atom stereocenters. The third kappa shape index (κ3) is 3.39. The van der Waals surface area contributed by atoms with Gasteiger partial charge in [-0.2, -0.15) is 4.98 Å². The van der Waals surface area contributed by atoms with E-state index in [1.807, 2.05) is 0 Å². The van der Waals surface area contributed by atoms with Gasteiger partial charge in [-0.05, 0) is 49.4 Å². The number of carbonyl (C=O) groups is 2. The van der Waals surface area contributed by atoms with Crippen LogP contribution in [-0.2, 0) is 16.0 Å². The van der Waals surface area contributed by atoms with Gasteiger partial charge in [-0.25, -0.2) is 4.39 Å². The molecule has 2 aliphatic rings. The standard InChI is InChI=1S/C20H22FN3O4/c21-15-8-6-13(7-9-15)18-22-16(28-23-18)4-1-5-17(25)24-11-14-3-2-10-20(14,12-24)19(26)27/h6-9,14H,1-5,10-12H2,(H,26,27)/t14-,20+/m0/s1. The number of aryl methyl sites for hydroxylation is 1. The summed E-state index contributed by atoms with van der Waals surface area (Å²) >= 11 is 0. The Balaban J connectivity index is 1.29. The Hall–Kier alpha value is -2.77. The van der Waals surface area contributed by atoms with Crippen molar-refractivity contribution in [2.45, 2.75) is 38.5 Å². The lowest BCUT2D eigenvalue weighted by Crippen LogP contribution is -2.37. The first-order chi connectivity index (χ1) is 13.5. The molecule has 1 aliphatic heterocycles. The van der Waals surface area contributed by atoms with Gasteiger partial charge in [0.05, 0.1) is 5.41 Å². The fourth-order valence-electron chi connectivity index (χ4n) is 4.45. The van der Waals surface area contributed by atoms with Gasteiger partial charge in [-0.15, -0.1) is 0 Å². The predicted octanol–water partition coefficient (Wildman–Crippen LogP) is 2.91. The molecule has 1 aliphatic carbocycles. The molecule has 1 saturated heterocycles. The van der Waals surface area contributed by atoms with Crippen LogP contribution in [0.15, 0.2) is 28.8 Å². The summed E-state index contributed by atoms with van der Waals surface area (Å²) in [5.41, 5.74) is -0.0818. The molecule has 1 saturated carbocycles. The molecular weight excluding hydrogens is 365 g/mol. The highest BCUT2D eigenvalue weighted by Gasteiger charge is 2.55. The number of aliphatic carboxylic acids is 1. The lowest BCUT2D eigenvalue weighted by Gasteiger charge is -2.23. The maximum absolute atomic E-state index is 13.0. The molecule has 2 atom stereocenters. The Morgan fingerprint density at radius 2 is 2.11 bits per heavy atom. The molecule has 0 radical (unpaired) electrons. The van der Waals surface area contributed by atoms with E-state index in [-0.39, 0.29) is 17.6 Å². The summed E-state index contributed by atoms with van der Waals surface area (Å²) in [7, 11) is 0. The van der Waals surface area contributed by atoms with Crippen LogP contribution in [0.3, 0.4) is 0 Å². The van der Waals surface area contributed by atoms with E-state index in [1.165, 1.54) is 12.1 Å². The van der Waals surface area contributed by atoms with Crippen LogP contribution < -0.4 is 0 Å². The van der Waals surface area contributed by atoms with Crippen LogP contribution in [0.2, 0.25) is 0 Å². The monoisotopic (exact) mass is 387 g/mol. The maximum Gasteiger partial charge on any atom is 0.311 e. The van der Waals surface area contributed by atoms with Crippen molar-refractivity contribution >= 4 is 11.9 Å². The first kappa shape index (κ1) is 18.6. The molecule has 1 N–H and O–H groups in total. The van der Waals surface area contributed by atoms with Gasteiger partial charge in [-0.3, -0.25) is 9.59 Å². The van der Waals surface area contributed by atoms with Gasteiger partial charge < -0.3 is 14.5 Å². The fourth-order valence-corrected chi connectivity index (χ4v) is 4.45. The van der Waals surface area contributed by atoms with Crippen LogP contribution in [0.4, 0.5) is 4.39 Å². The Kier molecular flexibility index (Phi) is 4.87. The number of nitrogens with zero attached hydrogens (tertiary/aromatic N) is 3. The molecule has 2 aromatic rings. The zero-order valence-corrected chi connectivity index (χ0v) is 15.4. The largest absolute Gasteiger partial charge is 0.481 e. The van der Waals surface area contributed by atoms with E-state index < -0.39 is 11.4 Å². The molecule has 0 bridgehead atoms. The van der Waals surface area contributed by atoms with Crippen molar-refractivity contribution in [3.63, 3.8) is 0 Å². The Morgan fingerprint density at radius 3 is 2.82 bits per heavy atom. The summed E-state index contributed by atoms with van der Waals surface area (Å²) in [6.07, 6.45) is 3.78. The van der Waals surface area contributed by atoms with Crippen molar-refractivity contribution in [3.05, 3.63) is 36.0 Å². The van der Waals surface area contributed by atoms with Gasteiger partial charge in [-0.1, -0.05) is 11.6 Å². The number of benzene rings is 1. The number of aromatic nitrogens is 2. The Bertz CT molecular complexity index is 882. The van der Waals surface area contributed by atoms with E-state index in [0.29, 0.717) is 56.1 Å². The van der Waals surface area contributed by atoms with Gasteiger partial charge in [0.1, 0.15) is 5.82 Å². The number of hydrogen-bond acceptors (Lipinski definition) is 5. The molecule has 1 amide bonds. The predicted molar refractivity (Wildman–Crippen MR) is 96.6 cm³/mol. The van der Waals surface area contributed by atoms with Crippen LogP contribution >= 0.6 is 0 Å². The number of carbonyl (C=O) groups excluding carboxylic acids is 1. The van der Waals surface area contributed by atoms with Crippen LogP contribution in [-0.4, -0.2) is 45.1 Å². The van der Waals surface area contributed by atoms with E-state index >= 15 is 0 Å². The summed E-state index contributed by atoms with van der Waals surface area (Å²) in [6, 6.07) is 5.82. The Labute approximate surface area is 161 Å². The van der Waals surface area contributed by atoms with E-state index in [9.17, 15) is 19.1 Å². The highest BCUT2D eigenvalue weighted by molar-refractivity contribution is 5.81. The summed E-state index contributed by atoms with van der Waals surface area (Å²) in [5.74, 6) is -0.243. The van der Waals surface area contributed by atoms with Crippen molar-refractivity contribution < 1.29 is 23.6 Å². The average molecular weight is 387 g/mol. The minimum Gasteiger partial charge on any atom is -0.481 e. The minimum absolute atomic E-state index is 0.0201. The first-order valence-electron chi connectivity index (χ1n) is 9.58. The van der Waals surface area contributed by atoms with E-state index in [4.69, 9.17) is 4.52 Å². The number of halogens is 1. The van der Waals surface area contributed by atoms with Gasteiger partial charge in [0, 0.05) is 31.5 Å².